The minimum absolute atomic E-state index is 0.0222. The Morgan fingerprint density at radius 1 is 1.15 bits per heavy atom. The van der Waals surface area contributed by atoms with Gasteiger partial charge in [-0.2, -0.15) is 4.31 Å². The van der Waals surface area contributed by atoms with Crippen LogP contribution in [0.15, 0.2) is 34.1 Å². The number of hydrogen-bond donors (Lipinski definition) is 0. The molecule has 27 heavy (non-hydrogen) atoms. The monoisotopic (exact) mass is 420 g/mol. The normalized spacial score (nSPS) is 17.6. The molecule has 9 nitrogen and oxygen atoms in total. The van der Waals surface area contributed by atoms with E-state index >= 15 is 0 Å². The van der Waals surface area contributed by atoms with Crippen LogP contribution in [0.1, 0.15) is 6.92 Å². The molecule has 11 heteroatoms. The second-order valence-corrected chi connectivity index (χ2v) is 10.2. The minimum atomic E-state index is -3.87. The van der Waals surface area contributed by atoms with E-state index in [0.29, 0.717) is 13.2 Å². The van der Waals surface area contributed by atoms with Gasteiger partial charge < -0.3 is 9.47 Å². The molecule has 1 aromatic carbocycles. The van der Waals surface area contributed by atoms with E-state index in [1.807, 2.05) is 0 Å². The molecule has 0 aromatic heterocycles. The largest absolute Gasteiger partial charge is 0.469 e. The highest BCUT2D eigenvalue weighted by atomic mass is 32.2. The number of methoxy groups -OCH3 is 1. The number of morpholine rings is 1. The number of rotatable bonds is 7. The number of nitrogens with zero attached hydrogens (tertiary/aromatic N) is 2. The third-order valence-electron chi connectivity index (χ3n) is 4.27. The number of esters is 1. The Labute approximate surface area is 160 Å². The molecule has 1 aromatic rings. The number of benzene rings is 1. The Hall–Kier alpha value is -1.53. The molecule has 0 saturated carbocycles. The molecule has 1 fully saturated rings. The molecule has 1 unspecified atom stereocenters. The van der Waals surface area contributed by atoms with Gasteiger partial charge in [0.1, 0.15) is 0 Å². The van der Waals surface area contributed by atoms with Crippen LogP contribution in [0.4, 0.5) is 0 Å². The van der Waals surface area contributed by atoms with Crippen molar-refractivity contribution < 1.29 is 31.1 Å². The van der Waals surface area contributed by atoms with Gasteiger partial charge in [0.05, 0.1) is 36.0 Å². The second kappa shape index (κ2) is 8.65. The first-order chi connectivity index (χ1) is 12.6. The summed E-state index contributed by atoms with van der Waals surface area (Å²) >= 11 is 0. The van der Waals surface area contributed by atoms with Crippen molar-refractivity contribution in [2.24, 2.45) is 5.92 Å². The zero-order chi connectivity index (χ0) is 20.2. The third-order valence-corrected chi connectivity index (χ3v) is 8.02. The van der Waals surface area contributed by atoms with Gasteiger partial charge in [-0.15, -0.1) is 0 Å². The van der Waals surface area contributed by atoms with Crippen LogP contribution in [-0.2, 0) is 34.3 Å². The lowest BCUT2D eigenvalue weighted by Gasteiger charge is -2.26. The molecule has 1 atom stereocenters. The van der Waals surface area contributed by atoms with Gasteiger partial charge >= 0.3 is 5.97 Å². The maximum atomic E-state index is 12.6. The quantitative estimate of drug-likeness (QED) is 0.577. The van der Waals surface area contributed by atoms with Crippen molar-refractivity contribution in [3.8, 4) is 0 Å². The smallest absolute Gasteiger partial charge is 0.309 e. The standard InChI is InChI=1S/C16H24N2O7S2/c1-13(16(19)24-3)12-17(2)26(20,21)14-4-6-15(7-5-14)27(22,23)18-8-10-25-11-9-18/h4-7,13H,8-12H2,1-3H3. The van der Waals surface area contributed by atoms with E-state index in [0.717, 1.165) is 4.31 Å². The lowest BCUT2D eigenvalue weighted by Crippen LogP contribution is -2.40. The molecule has 1 aliphatic heterocycles. The SMILES string of the molecule is COC(=O)C(C)CN(C)S(=O)(=O)c1ccc(S(=O)(=O)N2CCOCC2)cc1. The highest BCUT2D eigenvalue weighted by Crippen LogP contribution is 2.21. The molecule has 0 spiro atoms. The fourth-order valence-corrected chi connectivity index (χ4v) is 5.33. The number of carbonyl (C=O) groups excluding carboxylic acids is 1. The molecule has 1 heterocycles. The molecule has 0 radical (unpaired) electrons. The summed E-state index contributed by atoms with van der Waals surface area (Å²) in [5.74, 6) is -1.14. The van der Waals surface area contributed by atoms with Crippen LogP contribution in [0, 0.1) is 5.92 Å². The van der Waals surface area contributed by atoms with Crippen molar-refractivity contribution >= 4 is 26.0 Å². The van der Waals surface area contributed by atoms with Gasteiger partial charge in [-0.25, -0.2) is 21.1 Å². The van der Waals surface area contributed by atoms with Crippen molar-refractivity contribution in [3.05, 3.63) is 24.3 Å². The van der Waals surface area contributed by atoms with Crippen molar-refractivity contribution in [2.45, 2.75) is 16.7 Å². The van der Waals surface area contributed by atoms with Gasteiger partial charge in [0, 0.05) is 26.7 Å². The molecule has 0 aliphatic carbocycles. The van der Waals surface area contributed by atoms with Gasteiger partial charge in [0.2, 0.25) is 20.0 Å². The summed E-state index contributed by atoms with van der Waals surface area (Å²) in [5.41, 5.74) is 0. The van der Waals surface area contributed by atoms with E-state index in [2.05, 4.69) is 4.74 Å². The number of hydrogen-bond acceptors (Lipinski definition) is 7. The van der Waals surface area contributed by atoms with Crippen LogP contribution >= 0.6 is 0 Å². The molecular weight excluding hydrogens is 396 g/mol. The van der Waals surface area contributed by atoms with Gasteiger partial charge in [0.15, 0.2) is 0 Å². The summed E-state index contributed by atoms with van der Waals surface area (Å²) in [5, 5.41) is 0. The van der Waals surface area contributed by atoms with E-state index in [-0.39, 0.29) is 29.4 Å². The predicted molar refractivity (Wildman–Crippen MR) is 97.0 cm³/mol. The number of ether oxygens (including phenoxy) is 2. The molecular formula is C16H24N2O7S2. The average molecular weight is 421 g/mol. The van der Waals surface area contributed by atoms with Gasteiger partial charge in [0.25, 0.3) is 0 Å². The summed E-state index contributed by atoms with van der Waals surface area (Å²) in [7, 11) is -4.97. The summed E-state index contributed by atoms with van der Waals surface area (Å²) < 4.78 is 62.6. The van der Waals surface area contributed by atoms with Crippen molar-refractivity contribution in [3.63, 3.8) is 0 Å². The van der Waals surface area contributed by atoms with Crippen LogP contribution in [-0.4, -0.2) is 78.4 Å². The van der Waals surface area contributed by atoms with E-state index in [1.54, 1.807) is 6.92 Å². The Morgan fingerprint density at radius 2 is 1.67 bits per heavy atom. The first-order valence-corrected chi connectivity index (χ1v) is 11.2. The Morgan fingerprint density at radius 3 is 2.19 bits per heavy atom. The lowest BCUT2D eigenvalue weighted by molar-refractivity contribution is -0.144. The molecule has 0 amide bonds. The second-order valence-electron chi connectivity index (χ2n) is 6.20. The zero-order valence-corrected chi connectivity index (χ0v) is 17.1. The predicted octanol–water partition coefficient (Wildman–Crippen LogP) is 0.137. The van der Waals surface area contributed by atoms with Crippen molar-refractivity contribution in [1.82, 2.24) is 8.61 Å². The number of sulfonamides is 2. The van der Waals surface area contributed by atoms with E-state index in [4.69, 9.17) is 4.74 Å². The van der Waals surface area contributed by atoms with Crippen LogP contribution < -0.4 is 0 Å². The van der Waals surface area contributed by atoms with Crippen LogP contribution in [0.3, 0.4) is 0 Å². The fourth-order valence-electron chi connectivity index (χ4n) is 2.66. The van der Waals surface area contributed by atoms with Gasteiger partial charge in [-0.3, -0.25) is 4.79 Å². The van der Waals surface area contributed by atoms with E-state index in [9.17, 15) is 21.6 Å². The molecule has 1 aliphatic rings. The first kappa shape index (κ1) is 21.8. The zero-order valence-electron chi connectivity index (χ0n) is 15.5. The molecule has 1 saturated heterocycles. The van der Waals surface area contributed by atoms with Crippen molar-refractivity contribution in [1.29, 1.82) is 0 Å². The summed E-state index contributed by atoms with van der Waals surface area (Å²) in [6.45, 7) is 2.69. The van der Waals surface area contributed by atoms with Crippen LogP contribution in [0.5, 0.6) is 0 Å². The summed E-state index contributed by atoms with van der Waals surface area (Å²) in [6.07, 6.45) is 0. The molecule has 2 rings (SSSR count). The highest BCUT2D eigenvalue weighted by Gasteiger charge is 2.28. The van der Waals surface area contributed by atoms with E-state index in [1.165, 1.54) is 42.7 Å². The molecule has 152 valence electrons. The number of carbonyl (C=O) groups is 1. The maximum absolute atomic E-state index is 12.6. The minimum Gasteiger partial charge on any atom is -0.469 e. The lowest BCUT2D eigenvalue weighted by atomic mass is 10.2. The fraction of sp³-hybridized carbons (Fsp3) is 0.562. The van der Waals surface area contributed by atoms with Crippen molar-refractivity contribution in [2.75, 3.05) is 47.0 Å². The molecule has 0 bridgehead atoms. The van der Waals surface area contributed by atoms with Gasteiger partial charge in [-0.1, -0.05) is 6.92 Å². The third kappa shape index (κ3) is 4.85. The van der Waals surface area contributed by atoms with Gasteiger partial charge in [-0.05, 0) is 24.3 Å². The maximum Gasteiger partial charge on any atom is 0.309 e. The van der Waals surface area contributed by atoms with E-state index < -0.39 is 31.9 Å². The Bertz CT molecular complexity index is 861. The Kier molecular flexibility index (Phi) is 6.98. The summed E-state index contributed by atoms with van der Waals surface area (Å²) in [6, 6.07) is 5.05. The van der Waals surface area contributed by atoms with Crippen LogP contribution in [0.25, 0.3) is 0 Å². The topological polar surface area (TPSA) is 110 Å². The highest BCUT2D eigenvalue weighted by molar-refractivity contribution is 7.89. The summed E-state index contributed by atoms with van der Waals surface area (Å²) in [4.78, 5) is 11.5. The Balaban J connectivity index is 2.19. The molecule has 0 N–H and O–H groups in total. The first-order valence-electron chi connectivity index (χ1n) is 8.33. The van der Waals surface area contributed by atoms with Crippen LogP contribution in [0.2, 0.25) is 0 Å². The average Bonchev–Trinajstić information content (AvgIpc) is 2.67.